The summed E-state index contributed by atoms with van der Waals surface area (Å²) in [5.41, 5.74) is 1.16. The smallest absolute Gasteiger partial charge is 0.261 e. The van der Waals surface area contributed by atoms with Crippen LogP contribution in [0.4, 0.5) is 0 Å². The van der Waals surface area contributed by atoms with E-state index in [4.69, 9.17) is 0 Å². The summed E-state index contributed by atoms with van der Waals surface area (Å²) in [6, 6.07) is 4.72. The van der Waals surface area contributed by atoms with Crippen molar-refractivity contribution >= 4 is 17.7 Å². The molecule has 118 valence electrons. The van der Waals surface area contributed by atoms with E-state index in [1.807, 2.05) is 6.92 Å². The Labute approximate surface area is 130 Å². The summed E-state index contributed by atoms with van der Waals surface area (Å²) in [5, 5.41) is 2.81. The monoisotopic (exact) mass is 302 g/mol. The van der Waals surface area contributed by atoms with Gasteiger partial charge >= 0.3 is 0 Å². The van der Waals surface area contributed by atoms with E-state index in [1.54, 1.807) is 12.1 Å². The summed E-state index contributed by atoms with van der Waals surface area (Å²) in [6.07, 6.45) is 3.62. The van der Waals surface area contributed by atoms with E-state index in [9.17, 15) is 14.4 Å². The lowest BCUT2D eigenvalue weighted by molar-refractivity contribution is 0.0652. The molecule has 22 heavy (non-hydrogen) atoms. The predicted octanol–water partition coefficient (Wildman–Crippen LogP) is 2.61. The molecule has 1 aliphatic heterocycles. The summed E-state index contributed by atoms with van der Waals surface area (Å²) in [4.78, 5) is 37.8. The lowest BCUT2D eigenvalue weighted by atomic mass is 10.1. The molecule has 5 nitrogen and oxygen atoms in total. The van der Waals surface area contributed by atoms with E-state index in [-0.39, 0.29) is 17.7 Å². The zero-order chi connectivity index (χ0) is 16.1. The number of nitrogens with one attached hydrogen (secondary N) is 1. The number of amides is 3. The van der Waals surface area contributed by atoms with Gasteiger partial charge in [0.15, 0.2) is 0 Å². The van der Waals surface area contributed by atoms with Gasteiger partial charge in [-0.3, -0.25) is 19.3 Å². The number of rotatable bonds is 7. The van der Waals surface area contributed by atoms with Crippen molar-refractivity contribution in [3.63, 3.8) is 0 Å². The van der Waals surface area contributed by atoms with Crippen molar-refractivity contribution in [1.82, 2.24) is 10.2 Å². The third-order valence-corrected chi connectivity index (χ3v) is 3.78. The number of imide groups is 1. The third kappa shape index (κ3) is 3.18. The minimum absolute atomic E-state index is 0.205. The largest absolute Gasteiger partial charge is 0.352 e. The first-order valence-electron chi connectivity index (χ1n) is 7.88. The molecule has 0 aromatic heterocycles. The molecule has 2 rings (SSSR count). The van der Waals surface area contributed by atoms with Crippen LogP contribution < -0.4 is 5.32 Å². The van der Waals surface area contributed by atoms with Crippen LogP contribution in [0.1, 0.15) is 70.6 Å². The summed E-state index contributed by atoms with van der Waals surface area (Å²) in [7, 11) is 0. The number of fused-ring (bicyclic) bond motifs is 1. The molecule has 0 radical (unpaired) electrons. The molecule has 0 bridgehead atoms. The first-order chi connectivity index (χ1) is 10.6. The number of benzene rings is 1. The number of carbonyl (C=O) groups excluding carboxylic acids is 3. The van der Waals surface area contributed by atoms with Crippen molar-refractivity contribution in [2.75, 3.05) is 13.1 Å². The molecule has 0 atom stereocenters. The van der Waals surface area contributed by atoms with Crippen LogP contribution in [0.3, 0.4) is 0 Å². The number of carbonyl (C=O) groups is 3. The Bertz CT molecular complexity index is 596. The van der Waals surface area contributed by atoms with Crippen molar-refractivity contribution in [3.05, 3.63) is 34.9 Å². The van der Waals surface area contributed by atoms with E-state index in [2.05, 4.69) is 12.2 Å². The highest BCUT2D eigenvalue weighted by molar-refractivity contribution is 6.22. The Hall–Kier alpha value is -2.17. The molecular formula is C17H22N2O3. The molecule has 0 fully saturated rings. The molecular weight excluding hydrogens is 280 g/mol. The standard InChI is InChI=1S/C17H22N2O3/c1-3-5-9-18-15(20)12-7-8-13-14(11-12)17(22)19(16(13)21)10-6-4-2/h7-8,11H,3-6,9-10H2,1-2H3,(H,18,20). The molecule has 0 aliphatic carbocycles. The van der Waals surface area contributed by atoms with E-state index in [1.165, 1.54) is 11.0 Å². The van der Waals surface area contributed by atoms with Gasteiger partial charge in [-0.1, -0.05) is 26.7 Å². The fourth-order valence-electron chi connectivity index (χ4n) is 2.43. The van der Waals surface area contributed by atoms with Crippen LogP contribution in [0.5, 0.6) is 0 Å². The second kappa shape index (κ2) is 7.20. The fraction of sp³-hybridized carbons (Fsp3) is 0.471. The van der Waals surface area contributed by atoms with Crippen molar-refractivity contribution in [1.29, 1.82) is 0 Å². The van der Waals surface area contributed by atoms with Gasteiger partial charge in [0.2, 0.25) is 0 Å². The van der Waals surface area contributed by atoms with Crippen LogP contribution in [0.2, 0.25) is 0 Å². The van der Waals surface area contributed by atoms with E-state index < -0.39 is 0 Å². The van der Waals surface area contributed by atoms with Gasteiger partial charge in [0.05, 0.1) is 11.1 Å². The maximum Gasteiger partial charge on any atom is 0.261 e. The Balaban J connectivity index is 2.16. The highest BCUT2D eigenvalue weighted by Gasteiger charge is 2.35. The zero-order valence-electron chi connectivity index (χ0n) is 13.1. The lowest BCUT2D eigenvalue weighted by Crippen LogP contribution is -2.30. The number of hydrogen-bond donors (Lipinski definition) is 1. The highest BCUT2D eigenvalue weighted by Crippen LogP contribution is 2.24. The van der Waals surface area contributed by atoms with Crippen molar-refractivity contribution in [3.8, 4) is 0 Å². The van der Waals surface area contributed by atoms with Crippen LogP contribution in [0, 0.1) is 0 Å². The summed E-state index contributed by atoms with van der Waals surface area (Å²) < 4.78 is 0. The molecule has 1 aliphatic rings. The van der Waals surface area contributed by atoms with Gasteiger partial charge in [-0.25, -0.2) is 0 Å². The average molecular weight is 302 g/mol. The number of unbranched alkanes of at least 4 members (excludes halogenated alkanes) is 2. The van der Waals surface area contributed by atoms with E-state index in [0.717, 1.165) is 25.7 Å². The molecule has 1 aromatic carbocycles. The lowest BCUT2D eigenvalue weighted by Gasteiger charge is -2.12. The molecule has 1 heterocycles. The van der Waals surface area contributed by atoms with Gasteiger partial charge in [0, 0.05) is 18.7 Å². The molecule has 0 saturated carbocycles. The van der Waals surface area contributed by atoms with Crippen LogP contribution in [-0.4, -0.2) is 35.7 Å². The van der Waals surface area contributed by atoms with Gasteiger partial charge in [-0.15, -0.1) is 0 Å². The summed E-state index contributed by atoms with van der Waals surface area (Å²) >= 11 is 0. The van der Waals surface area contributed by atoms with Gasteiger partial charge in [0.1, 0.15) is 0 Å². The number of nitrogens with zero attached hydrogens (tertiary/aromatic N) is 1. The minimum atomic E-state index is -0.295. The van der Waals surface area contributed by atoms with E-state index >= 15 is 0 Å². The average Bonchev–Trinajstić information content (AvgIpc) is 2.76. The second-order valence-electron chi connectivity index (χ2n) is 5.49. The minimum Gasteiger partial charge on any atom is -0.352 e. The van der Waals surface area contributed by atoms with Crippen molar-refractivity contribution < 1.29 is 14.4 Å². The second-order valence-corrected chi connectivity index (χ2v) is 5.49. The quantitative estimate of drug-likeness (QED) is 0.622. The summed E-state index contributed by atoms with van der Waals surface area (Å²) in [5.74, 6) is -0.758. The zero-order valence-corrected chi connectivity index (χ0v) is 13.1. The predicted molar refractivity (Wildman–Crippen MR) is 84.0 cm³/mol. The normalized spacial score (nSPS) is 13.5. The van der Waals surface area contributed by atoms with Crippen molar-refractivity contribution in [2.45, 2.75) is 39.5 Å². The molecule has 0 unspecified atom stereocenters. The molecule has 1 N–H and O–H groups in total. The Kier molecular flexibility index (Phi) is 5.31. The third-order valence-electron chi connectivity index (χ3n) is 3.78. The van der Waals surface area contributed by atoms with Gasteiger partial charge in [-0.05, 0) is 31.0 Å². The maximum absolute atomic E-state index is 12.3. The highest BCUT2D eigenvalue weighted by atomic mass is 16.2. The van der Waals surface area contributed by atoms with Crippen LogP contribution in [0.25, 0.3) is 0 Å². The molecule has 3 amide bonds. The van der Waals surface area contributed by atoms with Crippen LogP contribution >= 0.6 is 0 Å². The fourth-order valence-corrected chi connectivity index (χ4v) is 2.43. The topological polar surface area (TPSA) is 66.5 Å². The first-order valence-corrected chi connectivity index (χ1v) is 7.88. The van der Waals surface area contributed by atoms with Gasteiger partial charge in [0.25, 0.3) is 17.7 Å². The molecule has 5 heteroatoms. The van der Waals surface area contributed by atoms with Gasteiger partial charge in [-0.2, -0.15) is 0 Å². The molecule has 0 spiro atoms. The van der Waals surface area contributed by atoms with Crippen LogP contribution in [0.15, 0.2) is 18.2 Å². The van der Waals surface area contributed by atoms with Gasteiger partial charge < -0.3 is 5.32 Å². The first kappa shape index (κ1) is 16.2. The molecule has 1 aromatic rings. The SMILES string of the molecule is CCCCNC(=O)c1ccc2c(c1)C(=O)N(CCCC)C2=O. The Morgan fingerprint density at radius 3 is 2.41 bits per heavy atom. The van der Waals surface area contributed by atoms with Crippen LogP contribution in [-0.2, 0) is 0 Å². The molecule has 0 saturated heterocycles. The maximum atomic E-state index is 12.3. The Morgan fingerprint density at radius 1 is 1.05 bits per heavy atom. The Morgan fingerprint density at radius 2 is 1.73 bits per heavy atom. The number of hydrogen-bond acceptors (Lipinski definition) is 3. The summed E-state index contributed by atoms with van der Waals surface area (Å²) in [6.45, 7) is 5.11. The van der Waals surface area contributed by atoms with Crippen molar-refractivity contribution in [2.24, 2.45) is 0 Å². The van der Waals surface area contributed by atoms with E-state index in [0.29, 0.717) is 29.8 Å².